The Morgan fingerprint density at radius 1 is 1.32 bits per heavy atom. The van der Waals surface area contributed by atoms with Crippen molar-refractivity contribution in [1.82, 2.24) is 24.9 Å². The third-order valence-electron chi connectivity index (χ3n) is 5.76. The number of likely N-dealkylation sites (tertiary alicyclic amines) is 1. The van der Waals surface area contributed by atoms with Crippen LogP contribution >= 0.6 is 0 Å². The molecule has 25 heavy (non-hydrogen) atoms. The van der Waals surface area contributed by atoms with Crippen LogP contribution in [0.1, 0.15) is 50.2 Å². The first-order valence-electron chi connectivity index (χ1n) is 9.29. The largest absolute Gasteiger partial charge is 0.425 e. The minimum atomic E-state index is -0.154. The van der Waals surface area contributed by atoms with Crippen LogP contribution in [0.3, 0.4) is 0 Å². The molecule has 0 amide bonds. The van der Waals surface area contributed by atoms with Gasteiger partial charge in [0, 0.05) is 38.7 Å². The highest BCUT2D eigenvalue weighted by molar-refractivity contribution is 5.17. The molecule has 4 heterocycles. The van der Waals surface area contributed by atoms with Gasteiger partial charge in [-0.05, 0) is 18.9 Å². The molecule has 2 aliphatic heterocycles. The van der Waals surface area contributed by atoms with Crippen molar-refractivity contribution in [2.45, 2.75) is 51.6 Å². The zero-order valence-electron chi connectivity index (χ0n) is 15.3. The van der Waals surface area contributed by atoms with Crippen molar-refractivity contribution in [3.05, 3.63) is 29.7 Å². The number of fused-ring (bicyclic) bond motifs is 1. The van der Waals surface area contributed by atoms with E-state index in [9.17, 15) is 0 Å². The number of aromatic nitrogens is 4. The Labute approximate surface area is 148 Å². The van der Waals surface area contributed by atoms with Crippen LogP contribution in [0.5, 0.6) is 0 Å². The summed E-state index contributed by atoms with van der Waals surface area (Å²) in [4.78, 5) is 2.45. The van der Waals surface area contributed by atoms with Gasteiger partial charge in [0.05, 0.1) is 30.4 Å². The van der Waals surface area contributed by atoms with Crippen LogP contribution in [0.4, 0.5) is 0 Å². The lowest BCUT2D eigenvalue weighted by molar-refractivity contribution is 0.139. The zero-order valence-corrected chi connectivity index (χ0v) is 15.3. The molecule has 7 nitrogen and oxygen atoms in total. The van der Waals surface area contributed by atoms with Crippen molar-refractivity contribution in [2.24, 2.45) is 5.92 Å². The van der Waals surface area contributed by atoms with Crippen molar-refractivity contribution in [3.8, 4) is 0 Å². The normalized spacial score (nSPS) is 26.6. The molecule has 0 aromatic carbocycles. The van der Waals surface area contributed by atoms with Gasteiger partial charge in [0.2, 0.25) is 11.8 Å². The lowest BCUT2D eigenvalue weighted by atomic mass is 9.81. The van der Waals surface area contributed by atoms with E-state index < -0.39 is 0 Å². The van der Waals surface area contributed by atoms with E-state index in [0.717, 1.165) is 50.7 Å². The number of aryl methyl sites for hydroxylation is 1. The molecule has 136 valence electrons. The number of ether oxygens (including phenoxy) is 1. The van der Waals surface area contributed by atoms with Crippen LogP contribution < -0.4 is 0 Å². The van der Waals surface area contributed by atoms with E-state index >= 15 is 0 Å². The first-order chi connectivity index (χ1) is 12.1. The van der Waals surface area contributed by atoms with Gasteiger partial charge < -0.3 is 9.15 Å². The molecular formula is C18H27N5O2. The van der Waals surface area contributed by atoms with Crippen LogP contribution in [-0.4, -0.2) is 51.2 Å². The SMILES string of the molecule is CCC(CC)n1ccc(CN2C[C@@H]3COC[C@]3(c3nnc(C)o3)C2)n1. The van der Waals surface area contributed by atoms with Gasteiger partial charge in [-0.1, -0.05) is 13.8 Å². The summed E-state index contributed by atoms with van der Waals surface area (Å²) >= 11 is 0. The van der Waals surface area contributed by atoms with Crippen LogP contribution in [-0.2, 0) is 16.7 Å². The monoisotopic (exact) mass is 345 g/mol. The second-order valence-corrected chi connectivity index (χ2v) is 7.42. The minimum absolute atomic E-state index is 0.154. The minimum Gasteiger partial charge on any atom is -0.425 e. The maximum absolute atomic E-state index is 5.79. The zero-order chi connectivity index (χ0) is 17.4. The van der Waals surface area contributed by atoms with Crippen molar-refractivity contribution >= 4 is 0 Å². The summed E-state index contributed by atoms with van der Waals surface area (Å²) in [6, 6.07) is 2.64. The van der Waals surface area contributed by atoms with E-state index in [4.69, 9.17) is 14.3 Å². The van der Waals surface area contributed by atoms with Gasteiger partial charge >= 0.3 is 0 Å². The third kappa shape index (κ3) is 2.89. The van der Waals surface area contributed by atoms with Gasteiger partial charge in [-0.3, -0.25) is 9.58 Å². The highest BCUT2D eigenvalue weighted by Gasteiger charge is 2.55. The Balaban J connectivity index is 1.49. The fourth-order valence-corrected chi connectivity index (χ4v) is 4.32. The Bertz CT molecular complexity index is 723. The molecule has 0 radical (unpaired) electrons. The lowest BCUT2D eigenvalue weighted by Crippen LogP contribution is -2.36. The second kappa shape index (κ2) is 6.53. The smallest absolute Gasteiger partial charge is 0.226 e. The molecule has 0 N–H and O–H groups in total. The van der Waals surface area contributed by atoms with E-state index in [1.54, 1.807) is 0 Å². The summed E-state index contributed by atoms with van der Waals surface area (Å²) in [5.74, 6) is 1.77. The molecule has 2 fully saturated rings. The maximum atomic E-state index is 5.79. The highest BCUT2D eigenvalue weighted by Crippen LogP contribution is 2.43. The summed E-state index contributed by atoms with van der Waals surface area (Å²) in [7, 11) is 0. The Morgan fingerprint density at radius 3 is 2.88 bits per heavy atom. The van der Waals surface area contributed by atoms with Gasteiger partial charge in [-0.15, -0.1) is 10.2 Å². The molecule has 0 spiro atoms. The van der Waals surface area contributed by atoms with Crippen LogP contribution in [0.25, 0.3) is 0 Å². The standard InChI is InChI=1S/C18H27N5O2/c1-4-16(5-2)23-7-6-15(21-23)9-22-8-14-10-24-12-18(14,11-22)17-20-19-13(3)25-17/h6-7,14,16H,4-5,8-12H2,1-3H3/t14-,18-/m1/s1. The summed E-state index contributed by atoms with van der Waals surface area (Å²) in [5, 5.41) is 13.1. The molecule has 0 saturated carbocycles. The van der Waals surface area contributed by atoms with Crippen LogP contribution in [0.15, 0.2) is 16.7 Å². The molecule has 2 aliphatic rings. The molecule has 0 unspecified atom stereocenters. The van der Waals surface area contributed by atoms with Crippen molar-refractivity contribution < 1.29 is 9.15 Å². The summed E-state index contributed by atoms with van der Waals surface area (Å²) in [5.41, 5.74) is 0.976. The molecule has 0 bridgehead atoms. The van der Waals surface area contributed by atoms with Gasteiger partial charge in [0.25, 0.3) is 0 Å². The molecule has 2 saturated heterocycles. The van der Waals surface area contributed by atoms with Gasteiger partial charge in [-0.25, -0.2) is 0 Å². The first kappa shape index (κ1) is 16.7. The molecule has 2 aromatic heterocycles. The average Bonchev–Trinajstić information content (AvgIpc) is 3.33. The highest BCUT2D eigenvalue weighted by atomic mass is 16.5. The Kier molecular flexibility index (Phi) is 4.37. The summed E-state index contributed by atoms with van der Waals surface area (Å²) in [6.07, 6.45) is 4.34. The van der Waals surface area contributed by atoms with Gasteiger partial charge in [-0.2, -0.15) is 5.10 Å². The molecule has 7 heteroatoms. The van der Waals surface area contributed by atoms with Gasteiger partial charge in [0.1, 0.15) is 0 Å². The average molecular weight is 345 g/mol. The fourth-order valence-electron chi connectivity index (χ4n) is 4.32. The van der Waals surface area contributed by atoms with Gasteiger partial charge in [0.15, 0.2) is 0 Å². The second-order valence-electron chi connectivity index (χ2n) is 7.42. The fraction of sp³-hybridized carbons (Fsp3) is 0.722. The van der Waals surface area contributed by atoms with Crippen molar-refractivity contribution in [2.75, 3.05) is 26.3 Å². The molecule has 2 aromatic rings. The predicted molar refractivity (Wildman–Crippen MR) is 92.1 cm³/mol. The van der Waals surface area contributed by atoms with Crippen LogP contribution in [0.2, 0.25) is 0 Å². The van der Waals surface area contributed by atoms with E-state index in [0.29, 0.717) is 24.5 Å². The molecule has 0 aliphatic carbocycles. The van der Waals surface area contributed by atoms with E-state index in [-0.39, 0.29) is 5.41 Å². The number of nitrogens with zero attached hydrogens (tertiary/aromatic N) is 5. The van der Waals surface area contributed by atoms with Crippen molar-refractivity contribution in [3.63, 3.8) is 0 Å². The quantitative estimate of drug-likeness (QED) is 0.800. The van der Waals surface area contributed by atoms with E-state index in [1.807, 2.05) is 6.92 Å². The lowest BCUT2D eigenvalue weighted by Gasteiger charge is -2.22. The summed E-state index contributed by atoms with van der Waals surface area (Å²) in [6.45, 7) is 10.4. The third-order valence-corrected chi connectivity index (χ3v) is 5.76. The Hall–Kier alpha value is -1.73. The Morgan fingerprint density at radius 2 is 2.16 bits per heavy atom. The topological polar surface area (TPSA) is 69.2 Å². The molecule has 4 rings (SSSR count). The molecular weight excluding hydrogens is 318 g/mol. The van der Waals surface area contributed by atoms with Crippen LogP contribution in [0, 0.1) is 12.8 Å². The number of hydrogen-bond acceptors (Lipinski definition) is 6. The number of rotatable bonds is 6. The first-order valence-corrected chi connectivity index (χ1v) is 9.29. The number of hydrogen-bond donors (Lipinski definition) is 0. The maximum Gasteiger partial charge on any atom is 0.226 e. The van der Waals surface area contributed by atoms with E-state index in [2.05, 4.69) is 45.9 Å². The van der Waals surface area contributed by atoms with E-state index in [1.165, 1.54) is 0 Å². The summed E-state index contributed by atoms with van der Waals surface area (Å²) < 4.78 is 13.7. The van der Waals surface area contributed by atoms with Crippen molar-refractivity contribution in [1.29, 1.82) is 0 Å². The molecule has 2 atom stereocenters. The predicted octanol–water partition coefficient (Wildman–Crippen LogP) is 2.34.